The van der Waals surface area contributed by atoms with Gasteiger partial charge in [0.1, 0.15) is 11.6 Å². The van der Waals surface area contributed by atoms with Gasteiger partial charge in [0.15, 0.2) is 5.82 Å². The molecule has 6 nitrogen and oxygen atoms in total. The second-order valence-corrected chi connectivity index (χ2v) is 8.09. The lowest BCUT2D eigenvalue weighted by Crippen LogP contribution is -2.36. The van der Waals surface area contributed by atoms with Crippen LogP contribution in [0.15, 0.2) is 66.3 Å². The average Bonchev–Trinajstić information content (AvgIpc) is 3.34. The molecule has 0 fully saturated rings. The second-order valence-electron chi connectivity index (χ2n) is 7.15. The molecule has 4 aromatic rings. The highest BCUT2D eigenvalue weighted by Gasteiger charge is 2.27. The smallest absolute Gasteiger partial charge is 0.264 e. The molecule has 1 N–H and O–H groups in total. The van der Waals surface area contributed by atoms with Gasteiger partial charge in [0, 0.05) is 42.2 Å². The summed E-state index contributed by atoms with van der Waals surface area (Å²) in [5, 5.41) is 5.13. The van der Waals surface area contributed by atoms with Crippen molar-refractivity contribution in [2.45, 2.75) is 13.0 Å². The summed E-state index contributed by atoms with van der Waals surface area (Å²) in [6, 6.07) is 13.6. The number of carbonyl (C=O) groups excluding carboxylic acids is 1. The standard InChI is InChI=1S/C23H18FN5OS/c24-16-3-1-4-17(13-16)26-22-18-14-29(23(30)20-5-2-12-31-20)11-8-19(18)27-21(28-22)15-6-9-25-10-7-15/h1-7,9-10,12-13H,8,11,14H2,(H,26,27,28). The Balaban J connectivity index is 1.55. The molecule has 1 amide bonds. The van der Waals surface area contributed by atoms with Crippen LogP contribution in [0.4, 0.5) is 15.9 Å². The van der Waals surface area contributed by atoms with Crippen LogP contribution < -0.4 is 5.32 Å². The third kappa shape index (κ3) is 4.02. The van der Waals surface area contributed by atoms with Crippen LogP contribution in [-0.4, -0.2) is 32.3 Å². The molecule has 1 aromatic carbocycles. The van der Waals surface area contributed by atoms with Crippen LogP contribution in [0.3, 0.4) is 0 Å². The van der Waals surface area contributed by atoms with Gasteiger partial charge in [-0.25, -0.2) is 14.4 Å². The highest BCUT2D eigenvalue weighted by Crippen LogP contribution is 2.30. The van der Waals surface area contributed by atoms with Gasteiger partial charge in [-0.3, -0.25) is 9.78 Å². The van der Waals surface area contributed by atoms with Gasteiger partial charge in [-0.15, -0.1) is 11.3 Å². The van der Waals surface area contributed by atoms with Crippen LogP contribution in [0.2, 0.25) is 0 Å². The number of halogens is 1. The molecule has 0 spiro atoms. The molecular weight excluding hydrogens is 413 g/mol. The van der Waals surface area contributed by atoms with Gasteiger partial charge in [0.25, 0.3) is 5.91 Å². The van der Waals surface area contributed by atoms with E-state index in [0.29, 0.717) is 41.7 Å². The molecule has 0 saturated carbocycles. The molecule has 31 heavy (non-hydrogen) atoms. The molecule has 0 saturated heterocycles. The number of thiophene rings is 1. The van der Waals surface area contributed by atoms with E-state index in [1.807, 2.05) is 29.6 Å². The van der Waals surface area contributed by atoms with Crippen LogP contribution in [0.25, 0.3) is 11.4 Å². The van der Waals surface area contributed by atoms with Gasteiger partial charge in [0.2, 0.25) is 0 Å². The van der Waals surface area contributed by atoms with Crippen molar-refractivity contribution in [1.29, 1.82) is 0 Å². The van der Waals surface area contributed by atoms with Crippen molar-refractivity contribution in [3.05, 3.63) is 88.3 Å². The molecule has 3 aromatic heterocycles. The van der Waals surface area contributed by atoms with E-state index in [1.165, 1.54) is 23.5 Å². The molecule has 0 atom stereocenters. The zero-order valence-electron chi connectivity index (χ0n) is 16.5. The first-order chi connectivity index (χ1) is 15.2. The minimum Gasteiger partial charge on any atom is -0.340 e. The van der Waals surface area contributed by atoms with Gasteiger partial charge < -0.3 is 10.2 Å². The number of hydrogen-bond acceptors (Lipinski definition) is 6. The van der Waals surface area contributed by atoms with E-state index < -0.39 is 0 Å². The molecule has 8 heteroatoms. The van der Waals surface area contributed by atoms with Crippen molar-refractivity contribution in [2.24, 2.45) is 0 Å². The summed E-state index contributed by atoms with van der Waals surface area (Å²) in [7, 11) is 0. The Hall–Kier alpha value is -3.65. The van der Waals surface area contributed by atoms with E-state index in [9.17, 15) is 9.18 Å². The van der Waals surface area contributed by atoms with Crippen molar-refractivity contribution in [1.82, 2.24) is 19.9 Å². The fourth-order valence-corrected chi connectivity index (χ4v) is 4.27. The number of benzene rings is 1. The van der Waals surface area contributed by atoms with Gasteiger partial charge >= 0.3 is 0 Å². The van der Waals surface area contributed by atoms with E-state index in [1.54, 1.807) is 29.4 Å². The first-order valence-corrected chi connectivity index (χ1v) is 10.7. The number of fused-ring (bicyclic) bond motifs is 1. The van der Waals surface area contributed by atoms with Crippen LogP contribution >= 0.6 is 11.3 Å². The monoisotopic (exact) mass is 431 g/mol. The minimum absolute atomic E-state index is 0.00411. The lowest BCUT2D eigenvalue weighted by atomic mass is 10.0. The first-order valence-electron chi connectivity index (χ1n) is 9.83. The zero-order valence-corrected chi connectivity index (χ0v) is 17.3. The fourth-order valence-electron chi connectivity index (χ4n) is 3.58. The Kier molecular flexibility index (Phi) is 5.13. The molecule has 4 heterocycles. The Labute approximate surface area is 182 Å². The summed E-state index contributed by atoms with van der Waals surface area (Å²) in [4.78, 5) is 29.0. The third-order valence-corrected chi connectivity index (χ3v) is 5.96. The summed E-state index contributed by atoms with van der Waals surface area (Å²) >= 11 is 1.43. The average molecular weight is 431 g/mol. The number of carbonyl (C=O) groups is 1. The molecule has 1 aliphatic rings. The van der Waals surface area contributed by atoms with Crippen LogP contribution in [0, 0.1) is 5.82 Å². The normalized spacial score (nSPS) is 13.0. The summed E-state index contributed by atoms with van der Waals surface area (Å²) in [6.07, 6.45) is 4.00. The zero-order chi connectivity index (χ0) is 21.2. The Morgan fingerprint density at radius 2 is 1.97 bits per heavy atom. The van der Waals surface area contributed by atoms with Crippen LogP contribution in [0.5, 0.6) is 0 Å². The number of anilines is 2. The maximum absolute atomic E-state index is 13.7. The first kappa shape index (κ1) is 19.3. The van der Waals surface area contributed by atoms with Gasteiger partial charge in [-0.1, -0.05) is 12.1 Å². The molecule has 0 unspecified atom stereocenters. The van der Waals surface area contributed by atoms with Crippen LogP contribution in [-0.2, 0) is 13.0 Å². The number of rotatable bonds is 4. The van der Waals surface area contributed by atoms with Crippen molar-refractivity contribution >= 4 is 28.7 Å². The predicted octanol–water partition coefficient (Wildman–Crippen LogP) is 4.68. The van der Waals surface area contributed by atoms with E-state index >= 15 is 0 Å². The summed E-state index contributed by atoms with van der Waals surface area (Å²) < 4.78 is 13.7. The van der Waals surface area contributed by atoms with E-state index in [4.69, 9.17) is 9.97 Å². The lowest BCUT2D eigenvalue weighted by Gasteiger charge is -2.29. The number of nitrogens with one attached hydrogen (secondary N) is 1. The lowest BCUT2D eigenvalue weighted by molar-refractivity contribution is 0.0739. The predicted molar refractivity (Wildman–Crippen MR) is 118 cm³/mol. The Morgan fingerprint density at radius 3 is 2.74 bits per heavy atom. The SMILES string of the molecule is O=C(c1cccs1)N1CCc2nc(-c3ccncc3)nc(Nc3cccc(F)c3)c2C1. The molecule has 0 aliphatic carbocycles. The van der Waals surface area contributed by atoms with E-state index in [-0.39, 0.29) is 11.7 Å². The molecule has 5 rings (SSSR count). The number of aromatic nitrogens is 3. The highest BCUT2D eigenvalue weighted by molar-refractivity contribution is 7.12. The maximum atomic E-state index is 13.7. The van der Waals surface area contributed by atoms with Gasteiger partial charge in [-0.05, 0) is 41.8 Å². The van der Waals surface area contributed by atoms with Gasteiger partial charge in [0.05, 0.1) is 17.1 Å². The van der Waals surface area contributed by atoms with Crippen molar-refractivity contribution in [2.75, 3.05) is 11.9 Å². The summed E-state index contributed by atoms with van der Waals surface area (Å²) in [6.45, 7) is 0.969. The number of amides is 1. The molecule has 1 aliphatic heterocycles. The van der Waals surface area contributed by atoms with Crippen molar-refractivity contribution in [3.8, 4) is 11.4 Å². The number of hydrogen-bond donors (Lipinski definition) is 1. The third-order valence-electron chi connectivity index (χ3n) is 5.11. The van der Waals surface area contributed by atoms with Crippen molar-refractivity contribution in [3.63, 3.8) is 0 Å². The summed E-state index contributed by atoms with van der Waals surface area (Å²) in [5.41, 5.74) is 3.16. The minimum atomic E-state index is -0.336. The number of pyridine rings is 1. The fraction of sp³-hybridized carbons (Fsp3) is 0.130. The molecule has 0 bridgehead atoms. The Morgan fingerprint density at radius 1 is 1.10 bits per heavy atom. The topological polar surface area (TPSA) is 71.0 Å². The molecule has 154 valence electrons. The van der Waals surface area contributed by atoms with E-state index in [0.717, 1.165) is 16.8 Å². The Bertz CT molecular complexity index is 1230. The largest absolute Gasteiger partial charge is 0.340 e. The van der Waals surface area contributed by atoms with E-state index in [2.05, 4.69) is 10.3 Å². The highest BCUT2D eigenvalue weighted by atomic mass is 32.1. The van der Waals surface area contributed by atoms with Crippen molar-refractivity contribution < 1.29 is 9.18 Å². The molecular formula is C23H18FN5OS. The van der Waals surface area contributed by atoms with Gasteiger partial charge in [-0.2, -0.15) is 0 Å². The maximum Gasteiger partial charge on any atom is 0.264 e. The summed E-state index contributed by atoms with van der Waals surface area (Å²) in [5.74, 6) is 0.802. The quantitative estimate of drug-likeness (QED) is 0.508. The molecule has 0 radical (unpaired) electrons. The second kappa shape index (κ2) is 8.23. The number of nitrogens with zero attached hydrogens (tertiary/aromatic N) is 4. The van der Waals surface area contributed by atoms with Crippen LogP contribution in [0.1, 0.15) is 20.9 Å².